The number of hydrogen-bond donors (Lipinski definition) is 0. The fourth-order valence-electron chi connectivity index (χ4n) is 2.20. The highest BCUT2D eigenvalue weighted by Gasteiger charge is 2.44. The number of rotatable bonds is 0. The van der Waals surface area contributed by atoms with Crippen molar-refractivity contribution in [3.05, 3.63) is 0 Å². The van der Waals surface area contributed by atoms with Gasteiger partial charge in [0.1, 0.15) is 5.60 Å². The molecule has 70 valence electrons. The van der Waals surface area contributed by atoms with Crippen molar-refractivity contribution in [2.24, 2.45) is 5.92 Å². The van der Waals surface area contributed by atoms with Gasteiger partial charge in [0.25, 0.3) is 0 Å². The number of hydrogen-bond acceptors (Lipinski definition) is 2. The monoisotopic (exact) mass is 179 g/mol. The van der Waals surface area contributed by atoms with E-state index in [4.69, 9.17) is 12.7 Å². The predicted molar refractivity (Wildman–Crippen MR) is 49.3 cm³/mol. The normalized spacial score (nSPS) is 39.6. The van der Waals surface area contributed by atoms with Crippen LogP contribution < -0.4 is 0 Å². The van der Waals surface area contributed by atoms with Gasteiger partial charge < -0.3 is 9.55 Å². The number of carbonyl (C=O) groups is 1. The van der Waals surface area contributed by atoms with Crippen LogP contribution in [0.4, 0.5) is 4.79 Å². The molecule has 1 aliphatic carbocycles. The summed E-state index contributed by atoms with van der Waals surface area (Å²) in [7, 11) is 5.48. The molecular weight excluding hydrogens is 165 g/mol. The van der Waals surface area contributed by atoms with Crippen LogP contribution in [0.5, 0.6) is 0 Å². The Bertz CT molecular complexity index is 224. The summed E-state index contributed by atoms with van der Waals surface area (Å²) in [4.78, 5) is 12.3. The summed E-state index contributed by atoms with van der Waals surface area (Å²) in [5.41, 5.74) is -0.252. The topological polar surface area (TPSA) is 29.5 Å². The van der Waals surface area contributed by atoms with E-state index >= 15 is 0 Å². The minimum absolute atomic E-state index is 0.252. The number of ether oxygens (including phenoxy) is 1. The van der Waals surface area contributed by atoms with Gasteiger partial charge >= 0.3 is 6.09 Å². The van der Waals surface area contributed by atoms with Crippen LogP contribution in [0.3, 0.4) is 0 Å². The molecule has 0 aromatic heterocycles. The average molecular weight is 179 g/mol. The first-order chi connectivity index (χ1) is 6.11. The van der Waals surface area contributed by atoms with Crippen molar-refractivity contribution >= 4 is 14.1 Å². The zero-order valence-electron chi connectivity index (χ0n) is 7.95. The van der Waals surface area contributed by atoms with Crippen molar-refractivity contribution in [3.63, 3.8) is 0 Å². The Morgan fingerprint density at radius 2 is 2.15 bits per heavy atom. The van der Waals surface area contributed by atoms with Gasteiger partial charge in [0.05, 0.1) is 6.54 Å². The molecule has 0 N–H and O–H groups in total. The van der Waals surface area contributed by atoms with Crippen molar-refractivity contribution in [3.8, 4) is 0 Å². The summed E-state index contributed by atoms with van der Waals surface area (Å²) in [5, 5.41) is 0. The minimum atomic E-state index is -0.366. The first kappa shape index (κ1) is 8.91. The fraction of sp³-hybridized carbons (Fsp3) is 0.889. The van der Waals surface area contributed by atoms with E-state index in [0.29, 0.717) is 6.54 Å². The molecule has 13 heavy (non-hydrogen) atoms. The second-order valence-corrected chi connectivity index (χ2v) is 4.36. The minimum Gasteiger partial charge on any atom is -0.442 e. The van der Waals surface area contributed by atoms with Gasteiger partial charge in [-0.3, -0.25) is 0 Å². The molecular formula is C9H14BNO2. The molecule has 1 heterocycles. The van der Waals surface area contributed by atoms with E-state index in [1.165, 1.54) is 4.81 Å². The van der Waals surface area contributed by atoms with Crippen LogP contribution in [0, 0.1) is 5.92 Å². The Hall–Kier alpha value is -0.665. The first-order valence-corrected chi connectivity index (χ1v) is 4.86. The Morgan fingerprint density at radius 3 is 2.62 bits per heavy atom. The second kappa shape index (κ2) is 2.93. The number of nitrogens with zero attached hydrogens (tertiary/aromatic N) is 1. The summed E-state index contributed by atoms with van der Waals surface area (Å²) in [5.74, 6) is 0.760. The maximum Gasteiger partial charge on any atom is 0.397 e. The maximum absolute atomic E-state index is 11.1. The van der Waals surface area contributed by atoms with Crippen LogP contribution in [0.2, 0.25) is 0 Å². The van der Waals surface area contributed by atoms with Crippen LogP contribution >= 0.6 is 0 Å². The van der Waals surface area contributed by atoms with E-state index in [0.717, 1.165) is 31.6 Å². The highest BCUT2D eigenvalue weighted by Crippen LogP contribution is 2.38. The van der Waals surface area contributed by atoms with Crippen molar-refractivity contribution in [1.82, 2.24) is 4.81 Å². The summed E-state index contributed by atoms with van der Waals surface area (Å²) >= 11 is 0. The standard InChI is InChI=1S/C9H14BNO2/c1-7-2-4-9(5-3-7)6-11(10)8(12)13-9/h7H,2-6H2,1H3. The van der Waals surface area contributed by atoms with Gasteiger partial charge in [0, 0.05) is 0 Å². The smallest absolute Gasteiger partial charge is 0.397 e. The van der Waals surface area contributed by atoms with Crippen molar-refractivity contribution in [1.29, 1.82) is 0 Å². The molecule has 4 heteroatoms. The van der Waals surface area contributed by atoms with E-state index in [1.54, 1.807) is 0 Å². The molecule has 2 aliphatic rings. The third-order valence-corrected chi connectivity index (χ3v) is 3.18. The van der Waals surface area contributed by atoms with Crippen LogP contribution in [-0.4, -0.2) is 31.0 Å². The highest BCUT2D eigenvalue weighted by atomic mass is 16.6. The van der Waals surface area contributed by atoms with Crippen LogP contribution in [0.25, 0.3) is 0 Å². The summed E-state index contributed by atoms with van der Waals surface area (Å²) in [6.45, 7) is 2.81. The quantitative estimate of drug-likeness (QED) is 0.527. The lowest BCUT2D eigenvalue weighted by Gasteiger charge is -2.33. The SMILES string of the molecule is [B]N1CC2(CCC(C)CC2)OC1=O. The fourth-order valence-corrected chi connectivity index (χ4v) is 2.20. The maximum atomic E-state index is 11.1. The highest BCUT2D eigenvalue weighted by molar-refractivity contribution is 6.13. The molecule has 1 spiro atoms. The zero-order chi connectivity index (χ0) is 9.47. The van der Waals surface area contributed by atoms with Crippen molar-refractivity contribution < 1.29 is 9.53 Å². The van der Waals surface area contributed by atoms with Crippen LogP contribution in [0.15, 0.2) is 0 Å². The van der Waals surface area contributed by atoms with Gasteiger partial charge in [-0.15, -0.1) is 0 Å². The lowest BCUT2D eigenvalue weighted by molar-refractivity contribution is 0.0154. The van der Waals surface area contributed by atoms with Gasteiger partial charge in [0.15, 0.2) is 0 Å². The molecule has 2 fully saturated rings. The van der Waals surface area contributed by atoms with E-state index in [2.05, 4.69) is 6.92 Å². The molecule has 1 saturated heterocycles. The van der Waals surface area contributed by atoms with Gasteiger partial charge in [-0.05, 0) is 31.6 Å². The zero-order valence-corrected chi connectivity index (χ0v) is 7.95. The lowest BCUT2D eigenvalue weighted by atomic mass is 9.79. The molecule has 2 rings (SSSR count). The Kier molecular flexibility index (Phi) is 2.01. The predicted octanol–water partition coefficient (Wildman–Crippen LogP) is 1.47. The third-order valence-electron chi connectivity index (χ3n) is 3.18. The molecule has 1 saturated carbocycles. The van der Waals surface area contributed by atoms with E-state index < -0.39 is 0 Å². The molecule has 1 amide bonds. The molecule has 3 nitrogen and oxygen atoms in total. The largest absolute Gasteiger partial charge is 0.442 e. The van der Waals surface area contributed by atoms with Gasteiger partial charge in [-0.2, -0.15) is 0 Å². The molecule has 1 aliphatic heterocycles. The van der Waals surface area contributed by atoms with E-state index in [1.807, 2.05) is 0 Å². The summed E-state index contributed by atoms with van der Waals surface area (Å²) in [6.07, 6.45) is 3.85. The molecule has 2 radical (unpaired) electrons. The molecule has 0 bridgehead atoms. The average Bonchev–Trinajstić information content (AvgIpc) is 2.36. The molecule has 0 aromatic rings. The van der Waals surface area contributed by atoms with Gasteiger partial charge in [-0.25, -0.2) is 4.79 Å². The Labute approximate surface area is 79.9 Å². The summed E-state index contributed by atoms with van der Waals surface area (Å²) < 4.78 is 5.31. The van der Waals surface area contributed by atoms with Gasteiger partial charge in [0.2, 0.25) is 7.98 Å². The molecule has 0 unspecified atom stereocenters. The number of carbonyl (C=O) groups excluding carboxylic acids is 1. The number of amides is 1. The molecule has 0 atom stereocenters. The lowest BCUT2D eigenvalue weighted by Crippen LogP contribution is -2.37. The Morgan fingerprint density at radius 1 is 1.54 bits per heavy atom. The Balaban J connectivity index is 2.03. The van der Waals surface area contributed by atoms with Crippen molar-refractivity contribution in [2.45, 2.75) is 38.2 Å². The first-order valence-electron chi connectivity index (χ1n) is 4.86. The van der Waals surface area contributed by atoms with Crippen LogP contribution in [0.1, 0.15) is 32.6 Å². The summed E-state index contributed by atoms with van der Waals surface area (Å²) in [6, 6.07) is 0. The van der Waals surface area contributed by atoms with E-state index in [9.17, 15) is 4.79 Å². The third kappa shape index (κ3) is 1.54. The second-order valence-electron chi connectivity index (χ2n) is 4.36. The van der Waals surface area contributed by atoms with Gasteiger partial charge in [-0.1, -0.05) is 6.92 Å². The van der Waals surface area contributed by atoms with Crippen molar-refractivity contribution in [2.75, 3.05) is 6.54 Å². The van der Waals surface area contributed by atoms with Crippen LogP contribution in [-0.2, 0) is 4.74 Å². The molecule has 0 aromatic carbocycles. The van der Waals surface area contributed by atoms with E-state index in [-0.39, 0.29) is 11.7 Å².